The minimum absolute atomic E-state index is 0.172. The van der Waals surface area contributed by atoms with E-state index in [1.165, 1.54) is 48.9 Å². The topological polar surface area (TPSA) is 32.3 Å². The number of hydrogen-bond acceptors (Lipinski definition) is 2. The van der Waals surface area contributed by atoms with Crippen molar-refractivity contribution < 1.29 is 9.50 Å². The number of rotatable bonds is 5. The number of halogens is 1. The van der Waals surface area contributed by atoms with Gasteiger partial charge in [0.2, 0.25) is 0 Å². The van der Waals surface area contributed by atoms with Gasteiger partial charge in [-0.15, -0.1) is 0 Å². The fourth-order valence-electron chi connectivity index (χ4n) is 3.45. The number of nitrogens with one attached hydrogen (secondary N) is 1. The molecule has 0 spiro atoms. The van der Waals surface area contributed by atoms with Gasteiger partial charge in [-0.05, 0) is 80.0 Å². The van der Waals surface area contributed by atoms with E-state index in [2.05, 4.69) is 5.32 Å². The van der Waals surface area contributed by atoms with E-state index in [9.17, 15) is 9.50 Å². The van der Waals surface area contributed by atoms with Crippen LogP contribution in [0.1, 0.15) is 42.7 Å². The van der Waals surface area contributed by atoms with Crippen LogP contribution in [0.25, 0.3) is 0 Å². The highest BCUT2D eigenvalue weighted by Gasteiger charge is 2.21. The fraction of sp³-hybridized carbons (Fsp3) is 0.400. The van der Waals surface area contributed by atoms with Crippen molar-refractivity contribution >= 4 is 0 Å². The quantitative estimate of drug-likeness (QED) is 0.858. The van der Waals surface area contributed by atoms with Crippen molar-refractivity contribution in [3.05, 3.63) is 65.5 Å². The van der Waals surface area contributed by atoms with Crippen molar-refractivity contribution in [1.82, 2.24) is 5.32 Å². The second-order valence-electron chi connectivity index (χ2n) is 6.47. The van der Waals surface area contributed by atoms with Gasteiger partial charge in [-0.1, -0.05) is 24.3 Å². The summed E-state index contributed by atoms with van der Waals surface area (Å²) in [5, 5.41) is 13.0. The molecule has 0 radical (unpaired) electrons. The first-order chi connectivity index (χ1) is 11.2. The van der Waals surface area contributed by atoms with E-state index in [0.717, 1.165) is 13.0 Å². The van der Waals surface area contributed by atoms with Crippen LogP contribution in [0.5, 0.6) is 5.75 Å². The molecular formula is C20H24FNO. The molecule has 1 aliphatic rings. The Hall–Kier alpha value is -1.87. The molecule has 3 heteroatoms. The van der Waals surface area contributed by atoms with Gasteiger partial charge < -0.3 is 10.4 Å². The SMILES string of the molecule is Oc1ccc([C@H]2CC[C@@H](NCCc3ccc(F)cc3)CC2)cc1. The molecule has 0 amide bonds. The number of benzene rings is 2. The van der Waals surface area contributed by atoms with Crippen LogP contribution in [0.15, 0.2) is 48.5 Å². The van der Waals surface area contributed by atoms with Gasteiger partial charge >= 0.3 is 0 Å². The number of hydrogen-bond donors (Lipinski definition) is 2. The predicted molar refractivity (Wildman–Crippen MR) is 91.2 cm³/mol. The average Bonchev–Trinajstić information content (AvgIpc) is 2.58. The average molecular weight is 313 g/mol. The van der Waals surface area contributed by atoms with Crippen molar-refractivity contribution in [1.29, 1.82) is 0 Å². The van der Waals surface area contributed by atoms with Crippen molar-refractivity contribution in [2.45, 2.75) is 44.1 Å². The molecule has 0 heterocycles. The third kappa shape index (κ3) is 4.55. The van der Waals surface area contributed by atoms with Gasteiger partial charge in [-0.25, -0.2) is 4.39 Å². The maximum absolute atomic E-state index is 12.9. The van der Waals surface area contributed by atoms with Crippen LogP contribution in [-0.2, 0) is 6.42 Å². The molecule has 122 valence electrons. The summed E-state index contributed by atoms with van der Waals surface area (Å²) in [5.41, 5.74) is 2.52. The Morgan fingerprint density at radius 3 is 2.22 bits per heavy atom. The fourth-order valence-corrected chi connectivity index (χ4v) is 3.45. The van der Waals surface area contributed by atoms with Gasteiger partial charge in [0, 0.05) is 6.04 Å². The Kier molecular flexibility index (Phi) is 5.29. The number of phenolic OH excluding ortho intramolecular Hbond substituents is 1. The lowest BCUT2D eigenvalue weighted by Crippen LogP contribution is -2.34. The summed E-state index contributed by atoms with van der Waals surface area (Å²) in [6.45, 7) is 0.945. The maximum atomic E-state index is 12.9. The third-order valence-electron chi connectivity index (χ3n) is 4.85. The Bertz CT molecular complexity index is 598. The van der Waals surface area contributed by atoms with Crippen LogP contribution in [0, 0.1) is 5.82 Å². The second-order valence-corrected chi connectivity index (χ2v) is 6.47. The summed E-state index contributed by atoms with van der Waals surface area (Å²) in [6, 6.07) is 15.0. The first-order valence-electron chi connectivity index (χ1n) is 8.47. The second kappa shape index (κ2) is 7.60. The minimum Gasteiger partial charge on any atom is -0.508 e. The van der Waals surface area contributed by atoms with Gasteiger partial charge in [-0.2, -0.15) is 0 Å². The maximum Gasteiger partial charge on any atom is 0.123 e. The summed E-state index contributed by atoms with van der Waals surface area (Å²) in [7, 11) is 0. The number of phenols is 1. The lowest BCUT2D eigenvalue weighted by molar-refractivity contribution is 0.344. The molecule has 0 atom stereocenters. The standard InChI is InChI=1S/C20H24FNO/c21-18-7-1-15(2-8-18)13-14-22-19-9-3-16(4-10-19)17-5-11-20(23)12-6-17/h1-2,5-8,11-12,16,19,22-23H,3-4,9-10,13-14H2/t16-,19+. The Labute approximate surface area is 137 Å². The molecule has 1 fully saturated rings. The lowest BCUT2D eigenvalue weighted by Gasteiger charge is -2.29. The Morgan fingerprint density at radius 2 is 1.57 bits per heavy atom. The highest BCUT2D eigenvalue weighted by Crippen LogP contribution is 2.33. The van der Waals surface area contributed by atoms with Crippen LogP contribution < -0.4 is 5.32 Å². The van der Waals surface area contributed by atoms with Crippen molar-refractivity contribution in [2.24, 2.45) is 0 Å². The summed E-state index contributed by atoms with van der Waals surface area (Å²) in [5.74, 6) is 0.782. The van der Waals surface area contributed by atoms with E-state index in [-0.39, 0.29) is 5.82 Å². The van der Waals surface area contributed by atoms with Gasteiger partial charge in [-0.3, -0.25) is 0 Å². The normalized spacial score (nSPS) is 21.3. The molecule has 2 N–H and O–H groups in total. The van der Waals surface area contributed by atoms with Crippen LogP contribution in [0.2, 0.25) is 0 Å². The monoisotopic (exact) mass is 313 g/mol. The van der Waals surface area contributed by atoms with E-state index in [4.69, 9.17) is 0 Å². The summed E-state index contributed by atoms with van der Waals surface area (Å²) >= 11 is 0. The predicted octanol–water partition coefficient (Wildman–Crippen LogP) is 4.39. The molecule has 0 bridgehead atoms. The Balaban J connectivity index is 1.40. The largest absolute Gasteiger partial charge is 0.508 e. The summed E-state index contributed by atoms with van der Waals surface area (Å²) in [4.78, 5) is 0. The van der Waals surface area contributed by atoms with Gasteiger partial charge in [0.25, 0.3) is 0 Å². The van der Waals surface area contributed by atoms with E-state index < -0.39 is 0 Å². The molecule has 1 aliphatic carbocycles. The minimum atomic E-state index is -0.172. The van der Waals surface area contributed by atoms with Gasteiger partial charge in [0.05, 0.1) is 0 Å². The summed E-state index contributed by atoms with van der Waals surface area (Å²) < 4.78 is 12.9. The molecule has 0 unspecified atom stereocenters. The van der Waals surface area contributed by atoms with Crippen molar-refractivity contribution in [3.8, 4) is 5.75 Å². The number of aromatic hydroxyl groups is 1. The molecule has 0 aromatic heterocycles. The van der Waals surface area contributed by atoms with E-state index in [1.807, 2.05) is 24.3 Å². The molecule has 2 aromatic carbocycles. The zero-order valence-corrected chi connectivity index (χ0v) is 13.3. The molecule has 0 aliphatic heterocycles. The molecule has 2 nitrogen and oxygen atoms in total. The zero-order chi connectivity index (χ0) is 16.1. The Morgan fingerprint density at radius 1 is 0.913 bits per heavy atom. The van der Waals surface area contributed by atoms with Crippen LogP contribution >= 0.6 is 0 Å². The van der Waals surface area contributed by atoms with E-state index in [0.29, 0.717) is 17.7 Å². The van der Waals surface area contributed by atoms with Gasteiger partial charge in [0.1, 0.15) is 11.6 Å². The highest BCUT2D eigenvalue weighted by atomic mass is 19.1. The smallest absolute Gasteiger partial charge is 0.123 e. The lowest BCUT2D eigenvalue weighted by atomic mass is 9.81. The first-order valence-corrected chi connectivity index (χ1v) is 8.47. The molecule has 23 heavy (non-hydrogen) atoms. The van der Waals surface area contributed by atoms with E-state index in [1.54, 1.807) is 12.1 Å². The zero-order valence-electron chi connectivity index (χ0n) is 13.3. The van der Waals surface area contributed by atoms with Crippen LogP contribution in [0.4, 0.5) is 4.39 Å². The third-order valence-corrected chi connectivity index (χ3v) is 4.85. The molecule has 0 saturated heterocycles. The van der Waals surface area contributed by atoms with Crippen LogP contribution in [0.3, 0.4) is 0 Å². The van der Waals surface area contributed by atoms with Crippen molar-refractivity contribution in [2.75, 3.05) is 6.54 Å². The molecule has 1 saturated carbocycles. The van der Waals surface area contributed by atoms with Gasteiger partial charge in [0.15, 0.2) is 0 Å². The summed E-state index contributed by atoms with van der Waals surface area (Å²) in [6.07, 6.45) is 5.71. The van der Waals surface area contributed by atoms with Crippen molar-refractivity contribution in [3.63, 3.8) is 0 Å². The molecule has 3 rings (SSSR count). The molecular weight excluding hydrogens is 289 g/mol. The highest BCUT2D eigenvalue weighted by molar-refractivity contribution is 5.28. The van der Waals surface area contributed by atoms with Crippen LogP contribution in [-0.4, -0.2) is 17.7 Å². The van der Waals surface area contributed by atoms with E-state index >= 15 is 0 Å². The molecule has 2 aromatic rings. The first kappa shape index (κ1) is 16.0.